The standard InChI is InChI=1S/C20H27N5O2/c1-16-4-5-19(24-23-16)22-11-18-9-20(27-13-18)14-25(7-8-26-15-20)12-17-3-2-6-21-10-17/h2-6,10,18H,7-9,11-15H2,1H3,(H,22,24)/t18-,20-/m1/s1. The lowest BCUT2D eigenvalue weighted by Crippen LogP contribution is -2.43. The summed E-state index contributed by atoms with van der Waals surface area (Å²) in [5, 5.41) is 11.7. The summed E-state index contributed by atoms with van der Waals surface area (Å²) in [7, 11) is 0. The van der Waals surface area contributed by atoms with Gasteiger partial charge in [0.15, 0.2) is 0 Å². The van der Waals surface area contributed by atoms with Crippen LogP contribution in [0.1, 0.15) is 17.7 Å². The lowest BCUT2D eigenvalue weighted by molar-refractivity contribution is -0.0562. The van der Waals surface area contributed by atoms with Crippen LogP contribution in [0.2, 0.25) is 0 Å². The Bertz CT molecular complexity index is 727. The van der Waals surface area contributed by atoms with E-state index < -0.39 is 0 Å². The molecule has 4 heterocycles. The van der Waals surface area contributed by atoms with Gasteiger partial charge in [-0.05, 0) is 37.1 Å². The van der Waals surface area contributed by atoms with Crippen molar-refractivity contribution < 1.29 is 9.47 Å². The number of nitrogens with one attached hydrogen (secondary N) is 1. The number of aryl methyl sites for hydroxylation is 1. The zero-order valence-corrected chi connectivity index (χ0v) is 15.8. The molecule has 1 N–H and O–H groups in total. The van der Waals surface area contributed by atoms with Crippen LogP contribution in [-0.2, 0) is 16.0 Å². The molecule has 0 saturated carbocycles. The Kier molecular flexibility index (Phi) is 5.61. The van der Waals surface area contributed by atoms with E-state index in [1.807, 2.05) is 37.5 Å². The molecule has 0 aliphatic carbocycles. The third kappa shape index (κ3) is 4.80. The third-order valence-electron chi connectivity index (χ3n) is 5.21. The molecule has 2 fully saturated rings. The lowest BCUT2D eigenvalue weighted by Gasteiger charge is -2.31. The van der Waals surface area contributed by atoms with Crippen molar-refractivity contribution in [2.24, 2.45) is 5.92 Å². The maximum atomic E-state index is 6.29. The first kappa shape index (κ1) is 18.3. The van der Waals surface area contributed by atoms with Crippen molar-refractivity contribution in [1.29, 1.82) is 0 Å². The van der Waals surface area contributed by atoms with Crippen LogP contribution >= 0.6 is 0 Å². The van der Waals surface area contributed by atoms with Gasteiger partial charge in [0.1, 0.15) is 11.4 Å². The summed E-state index contributed by atoms with van der Waals surface area (Å²) in [6, 6.07) is 8.05. The fourth-order valence-corrected chi connectivity index (χ4v) is 3.89. The largest absolute Gasteiger partial charge is 0.377 e. The van der Waals surface area contributed by atoms with Gasteiger partial charge in [0.25, 0.3) is 0 Å². The highest BCUT2D eigenvalue weighted by atomic mass is 16.5. The molecule has 144 valence electrons. The normalized spacial score (nSPS) is 26.2. The molecule has 2 aromatic heterocycles. The van der Waals surface area contributed by atoms with Crippen LogP contribution in [0.15, 0.2) is 36.7 Å². The number of anilines is 1. The molecule has 4 rings (SSSR count). The van der Waals surface area contributed by atoms with Crippen LogP contribution in [0.4, 0.5) is 5.82 Å². The molecule has 2 atom stereocenters. The van der Waals surface area contributed by atoms with Gasteiger partial charge < -0.3 is 14.8 Å². The number of nitrogens with zero attached hydrogens (tertiary/aromatic N) is 4. The van der Waals surface area contributed by atoms with Crippen molar-refractivity contribution in [1.82, 2.24) is 20.1 Å². The van der Waals surface area contributed by atoms with E-state index in [-0.39, 0.29) is 5.60 Å². The summed E-state index contributed by atoms with van der Waals surface area (Å²) in [5.41, 5.74) is 1.93. The molecule has 2 saturated heterocycles. The summed E-state index contributed by atoms with van der Waals surface area (Å²) >= 11 is 0. The summed E-state index contributed by atoms with van der Waals surface area (Å²) in [4.78, 5) is 6.65. The number of ether oxygens (including phenoxy) is 2. The van der Waals surface area contributed by atoms with Crippen LogP contribution in [0.3, 0.4) is 0 Å². The average Bonchev–Trinajstić information content (AvgIpc) is 2.97. The van der Waals surface area contributed by atoms with Gasteiger partial charge >= 0.3 is 0 Å². The van der Waals surface area contributed by atoms with E-state index >= 15 is 0 Å². The molecule has 0 aromatic carbocycles. The predicted molar refractivity (Wildman–Crippen MR) is 102 cm³/mol. The van der Waals surface area contributed by atoms with E-state index in [1.165, 1.54) is 5.56 Å². The lowest BCUT2D eigenvalue weighted by atomic mass is 9.94. The Labute approximate surface area is 160 Å². The molecular weight excluding hydrogens is 342 g/mol. The maximum Gasteiger partial charge on any atom is 0.148 e. The first-order chi connectivity index (χ1) is 13.2. The van der Waals surface area contributed by atoms with Crippen molar-refractivity contribution >= 4 is 5.82 Å². The second-order valence-corrected chi connectivity index (χ2v) is 7.63. The number of hydrogen-bond donors (Lipinski definition) is 1. The predicted octanol–water partition coefficient (Wildman–Crippen LogP) is 1.90. The molecule has 27 heavy (non-hydrogen) atoms. The molecular formula is C20H27N5O2. The van der Waals surface area contributed by atoms with E-state index in [9.17, 15) is 0 Å². The highest BCUT2D eigenvalue weighted by Crippen LogP contribution is 2.33. The molecule has 2 aromatic rings. The molecule has 7 nitrogen and oxygen atoms in total. The van der Waals surface area contributed by atoms with Crippen molar-refractivity contribution in [3.05, 3.63) is 47.9 Å². The van der Waals surface area contributed by atoms with Crippen molar-refractivity contribution in [2.45, 2.75) is 25.5 Å². The monoisotopic (exact) mass is 369 g/mol. The first-order valence-electron chi connectivity index (χ1n) is 9.58. The fraction of sp³-hybridized carbons (Fsp3) is 0.550. The number of rotatable bonds is 5. The summed E-state index contributed by atoms with van der Waals surface area (Å²) in [5.74, 6) is 1.26. The minimum absolute atomic E-state index is 0.218. The Morgan fingerprint density at radius 1 is 1.30 bits per heavy atom. The fourth-order valence-electron chi connectivity index (χ4n) is 3.89. The number of pyridine rings is 1. The molecule has 1 spiro atoms. The average molecular weight is 369 g/mol. The van der Waals surface area contributed by atoms with Crippen molar-refractivity contribution in [3.8, 4) is 0 Å². The SMILES string of the molecule is Cc1ccc(NC[C@@H]2CO[C@]3(COCCN(Cc4cccnc4)C3)C2)nn1. The summed E-state index contributed by atoms with van der Waals surface area (Å²) in [6.45, 7) is 7.62. The van der Waals surface area contributed by atoms with Crippen LogP contribution in [0.5, 0.6) is 0 Å². The molecule has 0 amide bonds. The van der Waals surface area contributed by atoms with E-state index in [0.717, 1.165) is 57.3 Å². The second-order valence-electron chi connectivity index (χ2n) is 7.63. The third-order valence-corrected chi connectivity index (χ3v) is 5.21. The molecule has 2 aliphatic rings. The van der Waals surface area contributed by atoms with E-state index in [1.54, 1.807) is 0 Å². The van der Waals surface area contributed by atoms with Gasteiger partial charge in [-0.3, -0.25) is 9.88 Å². The first-order valence-corrected chi connectivity index (χ1v) is 9.58. The van der Waals surface area contributed by atoms with Crippen LogP contribution in [0.25, 0.3) is 0 Å². The van der Waals surface area contributed by atoms with E-state index in [2.05, 4.69) is 31.5 Å². The Balaban J connectivity index is 1.34. The summed E-state index contributed by atoms with van der Waals surface area (Å²) in [6.07, 6.45) is 4.73. The quantitative estimate of drug-likeness (QED) is 0.863. The van der Waals surface area contributed by atoms with Gasteiger partial charge in [-0.2, -0.15) is 5.10 Å². The Morgan fingerprint density at radius 3 is 3.07 bits per heavy atom. The van der Waals surface area contributed by atoms with Gasteiger partial charge in [-0.1, -0.05) is 6.07 Å². The minimum atomic E-state index is -0.218. The molecule has 0 bridgehead atoms. The van der Waals surface area contributed by atoms with E-state index in [4.69, 9.17) is 9.47 Å². The van der Waals surface area contributed by atoms with Gasteiger partial charge in [-0.15, -0.1) is 5.10 Å². The van der Waals surface area contributed by atoms with Gasteiger partial charge in [0.05, 0.1) is 25.5 Å². The molecule has 0 radical (unpaired) electrons. The van der Waals surface area contributed by atoms with Gasteiger partial charge in [-0.25, -0.2) is 0 Å². The van der Waals surface area contributed by atoms with Gasteiger partial charge in [0, 0.05) is 44.5 Å². The van der Waals surface area contributed by atoms with Crippen molar-refractivity contribution in [3.63, 3.8) is 0 Å². The second kappa shape index (κ2) is 8.29. The number of hydrogen-bond acceptors (Lipinski definition) is 7. The Hall–Kier alpha value is -2.09. The van der Waals surface area contributed by atoms with Crippen LogP contribution in [-0.4, -0.2) is 65.1 Å². The smallest absolute Gasteiger partial charge is 0.148 e. The topological polar surface area (TPSA) is 72.4 Å². The zero-order chi connectivity index (χ0) is 18.5. The summed E-state index contributed by atoms with van der Waals surface area (Å²) < 4.78 is 12.2. The molecule has 2 aliphatic heterocycles. The van der Waals surface area contributed by atoms with E-state index in [0.29, 0.717) is 12.5 Å². The number of aromatic nitrogens is 3. The highest BCUT2D eigenvalue weighted by Gasteiger charge is 2.43. The highest BCUT2D eigenvalue weighted by molar-refractivity contribution is 5.32. The van der Waals surface area contributed by atoms with Crippen LogP contribution in [0, 0.1) is 12.8 Å². The van der Waals surface area contributed by atoms with Crippen LogP contribution < -0.4 is 5.32 Å². The van der Waals surface area contributed by atoms with Gasteiger partial charge in [0.2, 0.25) is 0 Å². The molecule has 7 heteroatoms. The minimum Gasteiger partial charge on any atom is -0.377 e. The Morgan fingerprint density at radius 2 is 2.26 bits per heavy atom. The van der Waals surface area contributed by atoms with Crippen molar-refractivity contribution in [2.75, 3.05) is 44.8 Å². The molecule has 0 unspecified atom stereocenters. The maximum absolute atomic E-state index is 6.29. The zero-order valence-electron chi connectivity index (χ0n) is 15.8.